The summed E-state index contributed by atoms with van der Waals surface area (Å²) in [5, 5.41) is 8.71. The Morgan fingerprint density at radius 1 is 1.38 bits per heavy atom. The van der Waals surface area contributed by atoms with Crippen molar-refractivity contribution >= 4 is 0 Å². The van der Waals surface area contributed by atoms with Crippen molar-refractivity contribution in [1.29, 1.82) is 5.26 Å². The zero-order valence-electron chi connectivity index (χ0n) is 9.17. The molecule has 1 heterocycles. The van der Waals surface area contributed by atoms with E-state index >= 15 is 0 Å². The fourth-order valence-electron chi connectivity index (χ4n) is 1.80. The standard InChI is InChI=1S/C13H13N3/c1-11(12-5-3-2-4-6-12)16-10-9-15-13(16)7-8-14/h2-6,9-11H,7H2,1H3. The van der Waals surface area contributed by atoms with Crippen LogP contribution < -0.4 is 0 Å². The highest BCUT2D eigenvalue weighted by Gasteiger charge is 2.10. The van der Waals surface area contributed by atoms with Crippen molar-refractivity contribution in [2.45, 2.75) is 19.4 Å². The molecular formula is C13H13N3. The minimum absolute atomic E-state index is 0.215. The smallest absolute Gasteiger partial charge is 0.123 e. The highest BCUT2D eigenvalue weighted by atomic mass is 15.1. The third-order valence-electron chi connectivity index (χ3n) is 2.69. The van der Waals surface area contributed by atoms with E-state index in [4.69, 9.17) is 5.26 Å². The molecule has 0 radical (unpaired) electrons. The van der Waals surface area contributed by atoms with Gasteiger partial charge in [-0.15, -0.1) is 0 Å². The van der Waals surface area contributed by atoms with Crippen LogP contribution in [0.3, 0.4) is 0 Å². The first-order valence-corrected chi connectivity index (χ1v) is 5.26. The molecular weight excluding hydrogens is 198 g/mol. The number of imidazole rings is 1. The molecule has 0 bridgehead atoms. The summed E-state index contributed by atoms with van der Waals surface area (Å²) in [7, 11) is 0. The van der Waals surface area contributed by atoms with Gasteiger partial charge in [0.15, 0.2) is 0 Å². The molecule has 0 spiro atoms. The van der Waals surface area contributed by atoms with Gasteiger partial charge in [0.2, 0.25) is 0 Å². The minimum atomic E-state index is 0.215. The average Bonchev–Trinajstić information content (AvgIpc) is 2.78. The first kappa shape index (κ1) is 10.4. The number of hydrogen-bond acceptors (Lipinski definition) is 2. The third kappa shape index (κ3) is 1.96. The first-order chi connectivity index (χ1) is 7.83. The van der Waals surface area contributed by atoms with E-state index in [-0.39, 0.29) is 6.04 Å². The lowest BCUT2D eigenvalue weighted by atomic mass is 10.1. The zero-order chi connectivity index (χ0) is 11.4. The molecule has 2 aromatic rings. The van der Waals surface area contributed by atoms with Crippen molar-refractivity contribution in [3.63, 3.8) is 0 Å². The van der Waals surface area contributed by atoms with Gasteiger partial charge in [0.25, 0.3) is 0 Å². The Labute approximate surface area is 95.0 Å². The lowest BCUT2D eigenvalue weighted by molar-refractivity contribution is 0.612. The fourth-order valence-corrected chi connectivity index (χ4v) is 1.80. The van der Waals surface area contributed by atoms with Gasteiger partial charge >= 0.3 is 0 Å². The van der Waals surface area contributed by atoms with Crippen molar-refractivity contribution in [2.24, 2.45) is 0 Å². The normalized spacial score (nSPS) is 12.0. The fraction of sp³-hybridized carbons (Fsp3) is 0.231. The summed E-state index contributed by atoms with van der Waals surface area (Å²) < 4.78 is 2.04. The first-order valence-electron chi connectivity index (χ1n) is 5.26. The van der Waals surface area contributed by atoms with E-state index in [2.05, 4.69) is 30.1 Å². The van der Waals surface area contributed by atoms with Crippen LogP contribution >= 0.6 is 0 Å². The average molecular weight is 211 g/mol. The van der Waals surface area contributed by atoms with E-state index in [1.54, 1.807) is 6.20 Å². The summed E-state index contributed by atoms with van der Waals surface area (Å²) in [6.45, 7) is 2.11. The second-order valence-corrected chi connectivity index (χ2v) is 3.67. The maximum absolute atomic E-state index is 8.71. The van der Waals surface area contributed by atoms with Crippen LogP contribution in [-0.2, 0) is 6.42 Å². The van der Waals surface area contributed by atoms with Crippen molar-refractivity contribution in [3.8, 4) is 6.07 Å². The summed E-state index contributed by atoms with van der Waals surface area (Å²) in [5.41, 5.74) is 1.22. The molecule has 2 rings (SSSR count). The molecule has 1 aromatic carbocycles. The molecule has 0 amide bonds. The predicted octanol–water partition coefficient (Wildman–Crippen LogP) is 2.56. The van der Waals surface area contributed by atoms with E-state index < -0.39 is 0 Å². The summed E-state index contributed by atoms with van der Waals surface area (Å²) >= 11 is 0. The molecule has 0 aliphatic heterocycles. The van der Waals surface area contributed by atoms with Gasteiger partial charge in [0.1, 0.15) is 5.82 Å². The Morgan fingerprint density at radius 2 is 2.12 bits per heavy atom. The number of nitrogens with zero attached hydrogens (tertiary/aromatic N) is 3. The lowest BCUT2D eigenvalue weighted by Gasteiger charge is -2.15. The van der Waals surface area contributed by atoms with Gasteiger partial charge in [-0.1, -0.05) is 30.3 Å². The van der Waals surface area contributed by atoms with E-state index in [0.29, 0.717) is 6.42 Å². The van der Waals surface area contributed by atoms with Gasteiger partial charge in [-0.25, -0.2) is 4.98 Å². The molecule has 1 atom stereocenters. The number of hydrogen-bond donors (Lipinski definition) is 0. The molecule has 0 aliphatic rings. The Kier molecular flexibility index (Phi) is 3.02. The van der Waals surface area contributed by atoms with Gasteiger partial charge in [-0.05, 0) is 12.5 Å². The summed E-state index contributed by atoms with van der Waals surface area (Å²) in [4.78, 5) is 4.19. The van der Waals surface area contributed by atoms with E-state index in [1.807, 2.05) is 29.0 Å². The van der Waals surface area contributed by atoms with E-state index in [9.17, 15) is 0 Å². The Morgan fingerprint density at radius 3 is 2.81 bits per heavy atom. The van der Waals surface area contributed by atoms with Crippen LogP contribution in [0.25, 0.3) is 0 Å². The predicted molar refractivity (Wildman–Crippen MR) is 61.8 cm³/mol. The van der Waals surface area contributed by atoms with Crippen molar-refractivity contribution in [3.05, 3.63) is 54.1 Å². The van der Waals surface area contributed by atoms with Crippen LogP contribution in [0.4, 0.5) is 0 Å². The van der Waals surface area contributed by atoms with E-state index in [0.717, 1.165) is 5.82 Å². The molecule has 16 heavy (non-hydrogen) atoms. The topological polar surface area (TPSA) is 41.6 Å². The second kappa shape index (κ2) is 4.63. The largest absolute Gasteiger partial charge is 0.327 e. The number of nitriles is 1. The highest BCUT2D eigenvalue weighted by molar-refractivity contribution is 5.20. The van der Waals surface area contributed by atoms with Crippen LogP contribution in [0.1, 0.15) is 24.4 Å². The van der Waals surface area contributed by atoms with Crippen LogP contribution in [0.2, 0.25) is 0 Å². The van der Waals surface area contributed by atoms with E-state index in [1.165, 1.54) is 5.56 Å². The second-order valence-electron chi connectivity index (χ2n) is 3.67. The summed E-state index contributed by atoms with van der Waals surface area (Å²) in [6, 6.07) is 12.6. The Balaban J connectivity index is 2.31. The van der Waals surface area contributed by atoms with Crippen LogP contribution in [0, 0.1) is 11.3 Å². The molecule has 1 aromatic heterocycles. The molecule has 80 valence electrons. The SMILES string of the molecule is CC(c1ccccc1)n1ccnc1CC#N. The maximum Gasteiger partial charge on any atom is 0.123 e. The Bertz CT molecular complexity index is 493. The molecule has 0 saturated heterocycles. The van der Waals surface area contributed by atoms with Gasteiger partial charge < -0.3 is 4.57 Å². The molecule has 1 unspecified atom stereocenters. The lowest BCUT2D eigenvalue weighted by Crippen LogP contribution is -2.09. The molecule has 0 N–H and O–H groups in total. The zero-order valence-corrected chi connectivity index (χ0v) is 9.17. The van der Waals surface area contributed by atoms with Gasteiger partial charge in [0, 0.05) is 12.4 Å². The van der Waals surface area contributed by atoms with Gasteiger partial charge in [-0.3, -0.25) is 0 Å². The third-order valence-corrected chi connectivity index (χ3v) is 2.69. The maximum atomic E-state index is 8.71. The summed E-state index contributed by atoms with van der Waals surface area (Å²) in [6.07, 6.45) is 4.01. The van der Waals surface area contributed by atoms with Crippen LogP contribution in [0.15, 0.2) is 42.7 Å². The Hall–Kier alpha value is -2.08. The van der Waals surface area contributed by atoms with Crippen molar-refractivity contribution in [1.82, 2.24) is 9.55 Å². The quantitative estimate of drug-likeness (QED) is 0.783. The van der Waals surface area contributed by atoms with Crippen molar-refractivity contribution in [2.75, 3.05) is 0 Å². The minimum Gasteiger partial charge on any atom is -0.327 e. The van der Waals surface area contributed by atoms with Gasteiger partial charge in [0.05, 0.1) is 18.5 Å². The number of aromatic nitrogens is 2. The monoisotopic (exact) mass is 211 g/mol. The molecule has 0 aliphatic carbocycles. The van der Waals surface area contributed by atoms with Crippen molar-refractivity contribution < 1.29 is 0 Å². The molecule has 0 fully saturated rings. The highest BCUT2D eigenvalue weighted by Crippen LogP contribution is 2.18. The molecule has 0 saturated carbocycles. The molecule has 3 heteroatoms. The number of benzene rings is 1. The molecule has 3 nitrogen and oxygen atoms in total. The number of rotatable bonds is 3. The van der Waals surface area contributed by atoms with Crippen LogP contribution in [-0.4, -0.2) is 9.55 Å². The summed E-state index contributed by atoms with van der Waals surface area (Å²) in [5.74, 6) is 0.818. The van der Waals surface area contributed by atoms with Crippen LogP contribution in [0.5, 0.6) is 0 Å². The van der Waals surface area contributed by atoms with Gasteiger partial charge in [-0.2, -0.15) is 5.26 Å².